The van der Waals surface area contributed by atoms with Crippen molar-refractivity contribution in [2.24, 2.45) is 0 Å². The van der Waals surface area contributed by atoms with E-state index in [-0.39, 0.29) is 22.8 Å². The van der Waals surface area contributed by atoms with Crippen LogP contribution in [0, 0.1) is 0 Å². The average molecular weight is 324 g/mol. The fourth-order valence-corrected chi connectivity index (χ4v) is 2.56. The zero-order valence-electron chi connectivity index (χ0n) is 13.2. The maximum absolute atomic E-state index is 12.1. The summed E-state index contributed by atoms with van der Waals surface area (Å²) in [7, 11) is 1.45. The molecule has 6 nitrogen and oxygen atoms in total. The van der Waals surface area contributed by atoms with Crippen molar-refractivity contribution in [1.82, 2.24) is 4.57 Å². The zero-order valence-corrected chi connectivity index (χ0v) is 13.2. The summed E-state index contributed by atoms with van der Waals surface area (Å²) in [6.45, 7) is 1.45. The van der Waals surface area contributed by atoms with Crippen molar-refractivity contribution in [3.63, 3.8) is 0 Å². The average Bonchev–Trinajstić information content (AvgIpc) is 2.56. The fraction of sp³-hybridized carbons (Fsp3) is 0.111. The normalized spacial score (nSPS) is 10.6. The second kappa shape index (κ2) is 6.08. The number of aromatic nitrogens is 1. The number of pyridine rings is 1. The van der Waals surface area contributed by atoms with Crippen LogP contribution in [-0.2, 0) is 4.79 Å². The van der Waals surface area contributed by atoms with Gasteiger partial charge in [-0.1, -0.05) is 0 Å². The molecule has 6 heteroatoms. The van der Waals surface area contributed by atoms with Crippen LogP contribution in [0.5, 0.6) is 11.5 Å². The number of nitrogens with zero attached hydrogens (tertiary/aromatic N) is 1. The van der Waals surface area contributed by atoms with E-state index >= 15 is 0 Å². The Morgan fingerprint density at radius 1 is 1.17 bits per heavy atom. The molecule has 0 aliphatic carbocycles. The van der Waals surface area contributed by atoms with Crippen molar-refractivity contribution in [3.8, 4) is 17.2 Å². The molecule has 2 aromatic carbocycles. The van der Waals surface area contributed by atoms with E-state index in [2.05, 4.69) is 5.32 Å². The summed E-state index contributed by atoms with van der Waals surface area (Å²) in [5.74, 6) is 0.0642. The Bertz CT molecular complexity index is 975. The molecule has 3 rings (SSSR count). The highest BCUT2D eigenvalue weighted by Crippen LogP contribution is 2.30. The Balaban J connectivity index is 2.17. The molecule has 0 atom stereocenters. The SMILES string of the molecule is COc1cc2c(cc1O)c(=O)ccn2-c1ccc(NC(C)=O)cc1. The van der Waals surface area contributed by atoms with E-state index in [9.17, 15) is 14.7 Å². The lowest BCUT2D eigenvalue weighted by molar-refractivity contribution is -0.114. The number of carbonyl (C=O) groups is 1. The number of rotatable bonds is 3. The predicted octanol–water partition coefficient (Wildman–Crippen LogP) is 2.66. The largest absolute Gasteiger partial charge is 0.504 e. The van der Waals surface area contributed by atoms with Gasteiger partial charge in [-0.3, -0.25) is 9.59 Å². The quantitative estimate of drug-likeness (QED) is 0.776. The van der Waals surface area contributed by atoms with Crippen molar-refractivity contribution in [2.45, 2.75) is 6.92 Å². The number of methoxy groups -OCH3 is 1. The number of fused-ring (bicyclic) bond motifs is 1. The number of phenols is 1. The molecular formula is C18H16N2O4. The molecule has 1 amide bonds. The van der Waals surface area contributed by atoms with Crippen molar-refractivity contribution < 1.29 is 14.6 Å². The van der Waals surface area contributed by atoms with Crippen LogP contribution in [-0.4, -0.2) is 22.7 Å². The van der Waals surface area contributed by atoms with Gasteiger partial charge in [0.1, 0.15) is 0 Å². The summed E-state index contributed by atoms with van der Waals surface area (Å²) in [4.78, 5) is 23.2. The third-order valence-corrected chi connectivity index (χ3v) is 3.66. The summed E-state index contributed by atoms with van der Waals surface area (Å²) in [6.07, 6.45) is 1.66. The fourth-order valence-electron chi connectivity index (χ4n) is 2.56. The second-order valence-corrected chi connectivity index (χ2v) is 5.32. The lowest BCUT2D eigenvalue weighted by Crippen LogP contribution is -2.08. The zero-order chi connectivity index (χ0) is 17.3. The molecule has 2 N–H and O–H groups in total. The topological polar surface area (TPSA) is 80.6 Å². The molecule has 0 radical (unpaired) electrons. The standard InChI is InChI=1S/C18H16N2O4/c1-11(21)19-12-3-5-13(6-4-12)20-8-7-16(22)14-9-17(23)18(24-2)10-15(14)20/h3-10,23H,1-2H3,(H,19,21). The molecule has 1 heterocycles. The first-order valence-corrected chi connectivity index (χ1v) is 7.30. The minimum atomic E-state index is -0.186. The first kappa shape index (κ1) is 15.6. The number of carbonyl (C=O) groups excluding carboxylic acids is 1. The first-order valence-electron chi connectivity index (χ1n) is 7.30. The number of hydrogen-bond acceptors (Lipinski definition) is 4. The third kappa shape index (κ3) is 2.81. The highest BCUT2D eigenvalue weighted by Gasteiger charge is 2.10. The molecule has 0 fully saturated rings. The van der Waals surface area contributed by atoms with Crippen LogP contribution in [0.15, 0.2) is 53.5 Å². The van der Waals surface area contributed by atoms with Crippen LogP contribution in [0.3, 0.4) is 0 Å². The third-order valence-electron chi connectivity index (χ3n) is 3.66. The Labute approximate surface area is 137 Å². The Morgan fingerprint density at radius 3 is 2.50 bits per heavy atom. The number of nitrogens with one attached hydrogen (secondary N) is 1. The van der Waals surface area contributed by atoms with Gasteiger partial charge in [0, 0.05) is 42.0 Å². The van der Waals surface area contributed by atoms with E-state index in [0.29, 0.717) is 16.6 Å². The van der Waals surface area contributed by atoms with Crippen LogP contribution in [0.4, 0.5) is 5.69 Å². The highest BCUT2D eigenvalue weighted by atomic mass is 16.5. The summed E-state index contributed by atoms with van der Waals surface area (Å²) >= 11 is 0. The van der Waals surface area contributed by atoms with E-state index in [0.717, 1.165) is 5.69 Å². The number of benzene rings is 2. The number of aromatic hydroxyl groups is 1. The van der Waals surface area contributed by atoms with Crippen LogP contribution in [0.25, 0.3) is 16.6 Å². The molecule has 0 spiro atoms. The summed E-state index contributed by atoms with van der Waals surface area (Å²) in [5, 5.41) is 13.0. The smallest absolute Gasteiger partial charge is 0.221 e. The maximum atomic E-state index is 12.1. The maximum Gasteiger partial charge on any atom is 0.221 e. The predicted molar refractivity (Wildman–Crippen MR) is 92.1 cm³/mol. The lowest BCUT2D eigenvalue weighted by atomic mass is 10.1. The number of phenolic OH excluding ortho intramolecular Hbond substituents is 1. The van der Waals surface area contributed by atoms with Crippen molar-refractivity contribution in [1.29, 1.82) is 0 Å². The Kier molecular flexibility index (Phi) is 3.95. The van der Waals surface area contributed by atoms with Crippen molar-refractivity contribution in [2.75, 3.05) is 12.4 Å². The number of amides is 1. The van der Waals surface area contributed by atoms with Gasteiger partial charge in [0.05, 0.1) is 12.6 Å². The Hall–Kier alpha value is -3.28. The van der Waals surface area contributed by atoms with Gasteiger partial charge < -0.3 is 19.7 Å². The van der Waals surface area contributed by atoms with Gasteiger partial charge >= 0.3 is 0 Å². The van der Waals surface area contributed by atoms with Crippen molar-refractivity contribution >= 4 is 22.5 Å². The van der Waals surface area contributed by atoms with Gasteiger partial charge in [-0.2, -0.15) is 0 Å². The second-order valence-electron chi connectivity index (χ2n) is 5.32. The minimum Gasteiger partial charge on any atom is -0.504 e. The number of anilines is 1. The molecule has 0 aliphatic heterocycles. The van der Waals surface area contributed by atoms with Crippen LogP contribution >= 0.6 is 0 Å². The number of hydrogen-bond donors (Lipinski definition) is 2. The van der Waals surface area contributed by atoms with E-state index in [1.165, 1.54) is 26.2 Å². The molecule has 24 heavy (non-hydrogen) atoms. The molecule has 0 aliphatic rings. The molecule has 0 saturated carbocycles. The molecule has 0 unspecified atom stereocenters. The van der Waals surface area contributed by atoms with Gasteiger partial charge in [0.25, 0.3) is 0 Å². The van der Waals surface area contributed by atoms with Gasteiger partial charge in [-0.15, -0.1) is 0 Å². The minimum absolute atomic E-state index is 0.0825. The summed E-state index contributed by atoms with van der Waals surface area (Å²) in [6, 6.07) is 11.7. The monoisotopic (exact) mass is 324 g/mol. The lowest BCUT2D eigenvalue weighted by Gasteiger charge is -2.13. The Morgan fingerprint density at radius 2 is 1.88 bits per heavy atom. The van der Waals surface area contributed by atoms with Gasteiger partial charge in [0.2, 0.25) is 5.91 Å². The van der Waals surface area contributed by atoms with Crippen LogP contribution in [0.1, 0.15) is 6.92 Å². The summed E-state index contributed by atoms with van der Waals surface area (Å²) in [5.41, 5.74) is 1.92. The molecule has 122 valence electrons. The summed E-state index contributed by atoms with van der Waals surface area (Å²) < 4.78 is 6.95. The molecular weight excluding hydrogens is 308 g/mol. The molecule has 0 bridgehead atoms. The van der Waals surface area contributed by atoms with E-state index in [4.69, 9.17) is 4.74 Å². The molecule has 1 aromatic heterocycles. The van der Waals surface area contributed by atoms with E-state index in [1.807, 2.05) is 16.7 Å². The van der Waals surface area contributed by atoms with Crippen molar-refractivity contribution in [3.05, 3.63) is 58.9 Å². The molecule has 3 aromatic rings. The number of ether oxygens (including phenoxy) is 1. The first-order chi connectivity index (χ1) is 11.5. The van der Waals surface area contributed by atoms with Crippen LogP contribution < -0.4 is 15.5 Å². The molecule has 0 saturated heterocycles. The van der Waals surface area contributed by atoms with E-state index < -0.39 is 0 Å². The van der Waals surface area contributed by atoms with Gasteiger partial charge in [0.15, 0.2) is 16.9 Å². The van der Waals surface area contributed by atoms with E-state index in [1.54, 1.807) is 24.4 Å². The van der Waals surface area contributed by atoms with Gasteiger partial charge in [-0.25, -0.2) is 0 Å². The highest BCUT2D eigenvalue weighted by molar-refractivity contribution is 5.89. The van der Waals surface area contributed by atoms with Gasteiger partial charge in [-0.05, 0) is 30.3 Å². The van der Waals surface area contributed by atoms with Crippen LogP contribution in [0.2, 0.25) is 0 Å².